The second kappa shape index (κ2) is 9.58. The fourth-order valence-corrected chi connectivity index (χ4v) is 5.92. The highest BCUT2D eigenvalue weighted by atomic mass is 15.0. The van der Waals surface area contributed by atoms with Gasteiger partial charge in [-0.2, -0.15) is 0 Å². The van der Waals surface area contributed by atoms with Crippen molar-refractivity contribution in [2.45, 2.75) is 0 Å². The van der Waals surface area contributed by atoms with Gasteiger partial charge in [-0.05, 0) is 46.2 Å². The van der Waals surface area contributed by atoms with Crippen molar-refractivity contribution in [3.8, 4) is 39.5 Å². The van der Waals surface area contributed by atoms with Gasteiger partial charge in [0.2, 0.25) is 0 Å². The van der Waals surface area contributed by atoms with E-state index < -0.39 is 0 Å². The molecule has 0 fully saturated rings. The third-order valence-corrected chi connectivity index (χ3v) is 7.79. The highest BCUT2D eigenvalue weighted by molar-refractivity contribution is 6.11. The zero-order valence-electron chi connectivity index (χ0n) is 22.3. The Bertz CT molecular complexity index is 2190. The van der Waals surface area contributed by atoms with Crippen molar-refractivity contribution in [3.63, 3.8) is 0 Å². The van der Waals surface area contributed by atoms with Crippen LogP contribution < -0.4 is 0 Å². The number of aromatic nitrogens is 3. The molecular formula is C38H25N3. The Kier molecular flexibility index (Phi) is 5.46. The van der Waals surface area contributed by atoms with E-state index in [1.165, 1.54) is 16.3 Å². The average molecular weight is 524 g/mol. The summed E-state index contributed by atoms with van der Waals surface area (Å²) in [7, 11) is 0. The monoisotopic (exact) mass is 523 g/mol. The van der Waals surface area contributed by atoms with Gasteiger partial charge in [0.25, 0.3) is 0 Å². The maximum Gasteiger partial charge on any atom is 0.160 e. The van der Waals surface area contributed by atoms with Crippen LogP contribution in [-0.2, 0) is 0 Å². The molecule has 3 nitrogen and oxygen atoms in total. The third kappa shape index (κ3) is 3.90. The highest BCUT2D eigenvalue weighted by Crippen LogP contribution is 2.38. The van der Waals surface area contributed by atoms with Crippen LogP contribution in [0, 0.1) is 0 Å². The summed E-state index contributed by atoms with van der Waals surface area (Å²) in [6.07, 6.45) is 0. The fourth-order valence-electron chi connectivity index (χ4n) is 5.92. The van der Waals surface area contributed by atoms with E-state index in [0.29, 0.717) is 0 Å². The predicted molar refractivity (Wildman–Crippen MR) is 170 cm³/mol. The summed E-state index contributed by atoms with van der Waals surface area (Å²) < 4.78 is 2.29. The van der Waals surface area contributed by atoms with Gasteiger partial charge in [-0.1, -0.05) is 127 Å². The molecule has 3 heteroatoms. The van der Waals surface area contributed by atoms with Crippen LogP contribution in [0.15, 0.2) is 152 Å². The van der Waals surface area contributed by atoms with Crippen molar-refractivity contribution in [1.29, 1.82) is 0 Å². The molecule has 0 aliphatic rings. The Morgan fingerprint density at radius 2 is 1.10 bits per heavy atom. The Morgan fingerprint density at radius 3 is 1.95 bits per heavy atom. The number of nitrogens with zero attached hydrogens (tertiary/aromatic N) is 3. The Morgan fingerprint density at radius 1 is 0.463 bits per heavy atom. The molecule has 192 valence electrons. The number of hydrogen-bond acceptors (Lipinski definition) is 2. The molecular weight excluding hydrogens is 498 g/mol. The molecule has 8 aromatic rings. The van der Waals surface area contributed by atoms with E-state index in [0.717, 1.165) is 55.8 Å². The van der Waals surface area contributed by atoms with Gasteiger partial charge in [0.15, 0.2) is 5.82 Å². The van der Waals surface area contributed by atoms with Gasteiger partial charge in [0, 0.05) is 22.2 Å². The quantitative estimate of drug-likeness (QED) is 0.230. The number of para-hydroxylation sites is 2. The predicted octanol–water partition coefficient (Wildman–Crippen LogP) is 9.73. The molecule has 8 rings (SSSR count). The van der Waals surface area contributed by atoms with Gasteiger partial charge in [-0.25, -0.2) is 9.97 Å². The molecule has 2 heterocycles. The summed E-state index contributed by atoms with van der Waals surface area (Å²) in [6.45, 7) is 0. The van der Waals surface area contributed by atoms with Crippen molar-refractivity contribution in [2.75, 3.05) is 0 Å². The van der Waals surface area contributed by atoms with Gasteiger partial charge in [0.1, 0.15) is 5.52 Å². The van der Waals surface area contributed by atoms with Crippen LogP contribution in [0.2, 0.25) is 0 Å². The Balaban J connectivity index is 1.42. The van der Waals surface area contributed by atoms with E-state index in [9.17, 15) is 0 Å². The SMILES string of the molecule is c1ccc(-c2nc(-c3cccc(-c4cccc5ccccc45)c3)nc3c4ccccc4n(-c4ccccc4)c23)cc1. The van der Waals surface area contributed by atoms with E-state index in [1.807, 2.05) is 12.1 Å². The van der Waals surface area contributed by atoms with Crippen molar-refractivity contribution in [3.05, 3.63) is 152 Å². The molecule has 0 saturated carbocycles. The molecule has 0 saturated heterocycles. The van der Waals surface area contributed by atoms with Crippen LogP contribution in [-0.4, -0.2) is 14.5 Å². The molecule has 6 aromatic carbocycles. The molecule has 0 unspecified atom stereocenters. The van der Waals surface area contributed by atoms with Crippen LogP contribution in [0.1, 0.15) is 0 Å². The first kappa shape index (κ1) is 23.4. The summed E-state index contributed by atoms with van der Waals surface area (Å²) in [5, 5.41) is 3.57. The number of rotatable bonds is 4. The molecule has 0 aliphatic heterocycles. The van der Waals surface area contributed by atoms with E-state index in [4.69, 9.17) is 9.97 Å². The summed E-state index contributed by atoms with van der Waals surface area (Å²) in [5.74, 6) is 0.717. The lowest BCUT2D eigenvalue weighted by Gasteiger charge is -2.13. The van der Waals surface area contributed by atoms with E-state index in [2.05, 4.69) is 144 Å². The molecule has 0 radical (unpaired) electrons. The van der Waals surface area contributed by atoms with Gasteiger partial charge in [0.05, 0.1) is 16.7 Å². The average Bonchev–Trinajstić information content (AvgIpc) is 3.39. The minimum atomic E-state index is 0.717. The molecule has 0 aliphatic carbocycles. The van der Waals surface area contributed by atoms with Gasteiger partial charge >= 0.3 is 0 Å². The molecule has 2 aromatic heterocycles. The van der Waals surface area contributed by atoms with Crippen LogP contribution in [0.4, 0.5) is 0 Å². The number of benzene rings is 6. The second-order valence-electron chi connectivity index (χ2n) is 10.3. The largest absolute Gasteiger partial charge is 0.306 e. The standard InChI is InChI=1S/C38H25N3/c1-3-14-27(15-4-1)35-37-36(33-22-9-10-24-34(33)41(37)30-19-5-2-6-20-30)40-38(39-35)29-18-11-17-28(25-29)32-23-12-16-26-13-7-8-21-31(26)32/h1-25H. The minimum Gasteiger partial charge on any atom is -0.306 e. The maximum absolute atomic E-state index is 5.29. The number of fused-ring (bicyclic) bond motifs is 4. The van der Waals surface area contributed by atoms with Crippen LogP contribution in [0.5, 0.6) is 0 Å². The first-order valence-corrected chi connectivity index (χ1v) is 13.9. The molecule has 0 spiro atoms. The lowest BCUT2D eigenvalue weighted by atomic mass is 9.97. The van der Waals surface area contributed by atoms with Crippen molar-refractivity contribution in [1.82, 2.24) is 14.5 Å². The molecule has 0 bridgehead atoms. The first-order valence-electron chi connectivity index (χ1n) is 13.9. The minimum absolute atomic E-state index is 0.717. The van der Waals surface area contributed by atoms with E-state index in [-0.39, 0.29) is 0 Å². The summed E-state index contributed by atoms with van der Waals surface area (Å²) in [5.41, 5.74) is 9.48. The highest BCUT2D eigenvalue weighted by Gasteiger charge is 2.21. The van der Waals surface area contributed by atoms with Gasteiger partial charge in [-0.3, -0.25) is 0 Å². The van der Waals surface area contributed by atoms with Crippen LogP contribution in [0.3, 0.4) is 0 Å². The summed E-state index contributed by atoms with van der Waals surface area (Å²) in [4.78, 5) is 10.6. The smallest absolute Gasteiger partial charge is 0.160 e. The topological polar surface area (TPSA) is 30.7 Å². The third-order valence-electron chi connectivity index (χ3n) is 7.79. The number of hydrogen-bond donors (Lipinski definition) is 0. The van der Waals surface area contributed by atoms with E-state index in [1.54, 1.807) is 0 Å². The zero-order valence-corrected chi connectivity index (χ0v) is 22.3. The van der Waals surface area contributed by atoms with Crippen molar-refractivity contribution < 1.29 is 0 Å². The lowest BCUT2D eigenvalue weighted by Crippen LogP contribution is -1.99. The van der Waals surface area contributed by atoms with Gasteiger partial charge in [-0.15, -0.1) is 0 Å². The molecule has 0 amide bonds. The summed E-state index contributed by atoms with van der Waals surface area (Å²) in [6, 6.07) is 53.0. The lowest BCUT2D eigenvalue weighted by molar-refractivity contribution is 1.15. The van der Waals surface area contributed by atoms with Crippen LogP contribution >= 0.6 is 0 Å². The first-order chi connectivity index (χ1) is 20.3. The molecule has 0 N–H and O–H groups in total. The molecule has 0 atom stereocenters. The maximum atomic E-state index is 5.29. The Hall–Kier alpha value is -5.54. The normalized spacial score (nSPS) is 11.4. The van der Waals surface area contributed by atoms with Crippen molar-refractivity contribution in [2.24, 2.45) is 0 Å². The van der Waals surface area contributed by atoms with E-state index >= 15 is 0 Å². The van der Waals surface area contributed by atoms with Crippen LogP contribution in [0.25, 0.3) is 72.2 Å². The fraction of sp³-hybridized carbons (Fsp3) is 0. The zero-order chi connectivity index (χ0) is 27.2. The van der Waals surface area contributed by atoms with Crippen molar-refractivity contribution >= 4 is 32.7 Å². The Labute approximate surface area is 238 Å². The second-order valence-corrected chi connectivity index (χ2v) is 10.3. The molecule has 41 heavy (non-hydrogen) atoms. The summed E-state index contributed by atoms with van der Waals surface area (Å²) >= 11 is 0. The van der Waals surface area contributed by atoms with Gasteiger partial charge < -0.3 is 4.57 Å².